The number of aliphatic hydroxyl groups is 1. The SMILES string of the molecule is Cn1c(=O)n(C2CCC(=O)NC2=O)c2cccc(C3CCN(C[C@H]4CC[C@H](n5cc6cc(NC(=O)c7cccc(C(F)(F)F)n7)ccc6n5)CC4C4C[C@H](n5cc6cc(NC(=O)c7cccc(C(F)(F)F)n7)ccc6n5)CC[C@H]4CN4CC[C@H](c5cccc6c5n(C)c(=O)n6C5CCC(=O)NC5=O)[C@@H](O)C4)CC3(F)F)c21. The van der Waals surface area contributed by atoms with Crippen LogP contribution in [0.3, 0.4) is 0 Å². The van der Waals surface area contributed by atoms with Crippen LogP contribution in [0.15, 0.2) is 131 Å². The number of fused-ring (bicyclic) bond motifs is 4. The number of nitrogens with zero attached hydrogens (tertiary/aromatic N) is 12. The van der Waals surface area contributed by atoms with E-state index in [4.69, 9.17) is 10.2 Å². The molecule has 5 unspecified atom stereocenters. The molecule has 0 radical (unpaired) electrons. The molecule has 580 valence electrons. The van der Waals surface area contributed by atoms with E-state index in [9.17, 15) is 69.8 Å². The number of halogens is 8. The number of aromatic nitrogens is 10. The van der Waals surface area contributed by atoms with Crippen molar-refractivity contribution in [2.24, 2.45) is 37.8 Å². The Kier molecular flexibility index (Phi) is 19.3. The minimum atomic E-state index is -4.79. The van der Waals surface area contributed by atoms with Crippen LogP contribution in [-0.4, -0.2) is 149 Å². The number of carbonyl (C=O) groups is 6. The minimum absolute atomic E-state index is 0.00578. The van der Waals surface area contributed by atoms with Gasteiger partial charge in [0.2, 0.25) is 23.6 Å². The lowest BCUT2D eigenvalue weighted by molar-refractivity contribution is -0.142. The number of hydrogen-bond donors (Lipinski definition) is 5. The van der Waals surface area contributed by atoms with Crippen LogP contribution < -0.4 is 32.6 Å². The number of pyridine rings is 2. The standard InChI is InChI=1S/C78H78F8N16O9/c1-95-68-50(7-3-11-59(68)101(74(95)110)61-23-25-66(104)91-72(61)108)49-27-29-97(39-63(49)103)35-41-15-19-47(99-37-43-31-45(17-21-55(43)93-99)87-70(106)57-9-5-13-64(89-57)77(81,82)83)33-52(41)53-34-48(100-38-44-32-46(18-22-56(44)94-100)88-71(107)58-10-6-14-65(90-58)78(84,85)86)20-16-42(53)36-98-30-28-54(76(79,80)40-98)51-8-4-12-60-69(51)96(2)75(111)102(60)62-24-26-67(105)92-73(62)109/h3-14,17-18,21-22,31-32,37-38,41-42,47-49,52-54,61-63,103H,15-16,19-20,23-30,33-36,39-40H2,1-2H3,(H,87,106)(H,88,107)(H,91,104,108)(H,92,105,109)/t41-,42+,47+,48-,49+,52?,53?,54?,61?,62?,63-/m0/s1. The third-order valence-electron chi connectivity index (χ3n) is 23.9. The zero-order valence-corrected chi connectivity index (χ0v) is 60.2. The number of carbonyl (C=O) groups excluding carboxylic acids is 6. The van der Waals surface area contributed by atoms with Crippen molar-refractivity contribution < 1.29 is 69.0 Å². The van der Waals surface area contributed by atoms with Gasteiger partial charge in [-0.15, -0.1) is 0 Å². The quantitative estimate of drug-likeness (QED) is 0.0471. The Morgan fingerprint density at radius 2 is 1.02 bits per heavy atom. The van der Waals surface area contributed by atoms with E-state index in [2.05, 4.69) is 36.1 Å². The lowest BCUT2D eigenvalue weighted by Crippen LogP contribution is -2.51. The number of rotatable bonds is 15. The zero-order valence-electron chi connectivity index (χ0n) is 60.2. The number of piperidine rings is 4. The molecular weight excluding hydrogens is 1460 g/mol. The van der Waals surface area contributed by atoms with E-state index in [1.165, 1.54) is 37.4 Å². The molecule has 6 amide bonds. The van der Waals surface area contributed by atoms with Gasteiger partial charge in [-0.3, -0.25) is 71.9 Å². The van der Waals surface area contributed by atoms with Crippen LogP contribution in [-0.2, 0) is 45.6 Å². The minimum Gasteiger partial charge on any atom is -0.391 e. The van der Waals surface area contributed by atoms with Crippen LogP contribution in [0.25, 0.3) is 43.9 Å². The lowest BCUT2D eigenvalue weighted by atomic mass is 9.62. The number of aryl methyl sites for hydroxylation is 2. The molecule has 6 aliphatic rings. The second-order valence-corrected chi connectivity index (χ2v) is 30.6. The maximum Gasteiger partial charge on any atom is 0.433 e. The van der Waals surface area contributed by atoms with E-state index >= 15 is 8.78 Å². The van der Waals surface area contributed by atoms with Crippen LogP contribution in [0.5, 0.6) is 0 Å². The summed E-state index contributed by atoms with van der Waals surface area (Å²) in [5, 5.41) is 33.9. The third kappa shape index (κ3) is 14.3. The van der Waals surface area contributed by atoms with Crippen molar-refractivity contribution in [1.82, 2.24) is 68.2 Å². The summed E-state index contributed by atoms with van der Waals surface area (Å²) in [5.74, 6) is -9.59. The molecule has 111 heavy (non-hydrogen) atoms. The summed E-state index contributed by atoms with van der Waals surface area (Å²) >= 11 is 0. The average Bonchev–Trinajstić information content (AvgIpc) is 1.60. The maximum atomic E-state index is 17.7. The lowest BCUT2D eigenvalue weighted by Gasteiger charge is -2.50. The van der Waals surface area contributed by atoms with Crippen LogP contribution in [0, 0.1) is 23.7 Å². The fourth-order valence-electron chi connectivity index (χ4n) is 18.6. The van der Waals surface area contributed by atoms with E-state index in [1.54, 1.807) is 73.8 Å². The van der Waals surface area contributed by atoms with Gasteiger partial charge in [0.15, 0.2) is 0 Å². The fourth-order valence-corrected chi connectivity index (χ4v) is 18.6. The number of imide groups is 2. The van der Waals surface area contributed by atoms with Gasteiger partial charge in [-0.05, 0) is 185 Å². The highest BCUT2D eigenvalue weighted by Gasteiger charge is 2.50. The molecular formula is C78H78F8N16O9. The molecule has 10 aromatic rings. The summed E-state index contributed by atoms with van der Waals surface area (Å²) in [6.45, 7) is 1.19. The van der Waals surface area contributed by atoms with Crippen molar-refractivity contribution in [1.29, 1.82) is 0 Å². The largest absolute Gasteiger partial charge is 0.433 e. The number of aliphatic hydroxyl groups excluding tert-OH is 1. The maximum absolute atomic E-state index is 17.7. The first-order chi connectivity index (χ1) is 53.0. The number of amides is 6. The first-order valence-electron chi connectivity index (χ1n) is 37.3. The van der Waals surface area contributed by atoms with Gasteiger partial charge in [0.1, 0.15) is 34.9 Å². The van der Waals surface area contributed by atoms with Crippen LogP contribution in [0.2, 0.25) is 0 Å². The summed E-state index contributed by atoms with van der Waals surface area (Å²) in [7, 11) is 3.11. The van der Waals surface area contributed by atoms with Gasteiger partial charge < -0.3 is 20.6 Å². The summed E-state index contributed by atoms with van der Waals surface area (Å²) in [6, 6.07) is 23.8. The Hall–Kier alpha value is -10.8. The van der Waals surface area contributed by atoms with E-state index < -0.39 is 124 Å². The number of para-hydroxylation sites is 2. The second-order valence-electron chi connectivity index (χ2n) is 30.6. The number of anilines is 2. The normalized spacial score (nSPS) is 25.2. The highest BCUT2D eigenvalue weighted by atomic mass is 19.4. The predicted molar refractivity (Wildman–Crippen MR) is 389 cm³/mol. The Morgan fingerprint density at radius 1 is 0.559 bits per heavy atom. The average molecular weight is 1540 g/mol. The summed E-state index contributed by atoms with van der Waals surface area (Å²) in [4.78, 5) is 117. The van der Waals surface area contributed by atoms with E-state index in [1.807, 2.05) is 32.7 Å². The Bertz CT molecular complexity index is 5530. The molecule has 4 aliphatic heterocycles. The molecule has 0 spiro atoms. The van der Waals surface area contributed by atoms with E-state index in [-0.39, 0.29) is 110 Å². The molecule has 6 fully saturated rings. The van der Waals surface area contributed by atoms with Crippen LogP contribution >= 0.6 is 0 Å². The molecule has 16 rings (SSSR count). The highest BCUT2D eigenvalue weighted by molar-refractivity contribution is 6.05. The monoisotopic (exact) mass is 1530 g/mol. The molecule has 4 saturated heterocycles. The summed E-state index contributed by atoms with van der Waals surface area (Å²) < 4.78 is 127. The van der Waals surface area contributed by atoms with Crippen molar-refractivity contribution in [2.45, 2.75) is 137 Å². The molecule has 10 heterocycles. The molecule has 33 heteroatoms. The van der Waals surface area contributed by atoms with Gasteiger partial charge in [-0.2, -0.15) is 36.5 Å². The first kappa shape index (κ1) is 74.3. The zero-order chi connectivity index (χ0) is 77.9. The van der Waals surface area contributed by atoms with E-state index in [0.717, 1.165) is 29.8 Å². The molecule has 2 aliphatic carbocycles. The molecule has 25 nitrogen and oxygen atoms in total. The number of nitrogens with one attached hydrogen (secondary N) is 4. The van der Waals surface area contributed by atoms with Crippen molar-refractivity contribution in [3.63, 3.8) is 0 Å². The van der Waals surface area contributed by atoms with Crippen molar-refractivity contribution >= 4 is 90.7 Å². The van der Waals surface area contributed by atoms with Crippen molar-refractivity contribution in [3.8, 4) is 0 Å². The van der Waals surface area contributed by atoms with Crippen LogP contribution in [0.1, 0.15) is 157 Å². The van der Waals surface area contributed by atoms with Gasteiger partial charge in [0.25, 0.3) is 17.7 Å². The molecule has 11 atom stereocenters. The summed E-state index contributed by atoms with van der Waals surface area (Å²) in [5.41, 5.74) is -0.0552. The first-order valence-corrected chi connectivity index (χ1v) is 37.3. The smallest absolute Gasteiger partial charge is 0.391 e. The molecule has 2 saturated carbocycles. The topological polar surface area (TPSA) is 293 Å². The van der Waals surface area contributed by atoms with E-state index in [0.29, 0.717) is 96.4 Å². The van der Waals surface area contributed by atoms with Gasteiger partial charge in [0, 0.05) is 87.0 Å². The molecule has 6 aromatic heterocycles. The van der Waals surface area contributed by atoms with Crippen LogP contribution in [0.4, 0.5) is 46.5 Å². The number of benzene rings is 4. The number of hydrogen-bond acceptors (Lipinski definition) is 15. The van der Waals surface area contributed by atoms with Crippen molar-refractivity contribution in [3.05, 3.63) is 176 Å². The van der Waals surface area contributed by atoms with Crippen molar-refractivity contribution in [2.75, 3.05) is 49.9 Å². The number of β-amino-alcohol motifs (C(OH)–C–C–N with tert-alkyl or cyclic N) is 1. The van der Waals surface area contributed by atoms with Gasteiger partial charge in [-0.1, -0.05) is 36.4 Å². The Morgan fingerprint density at radius 3 is 1.49 bits per heavy atom. The molecule has 0 bridgehead atoms. The predicted octanol–water partition coefficient (Wildman–Crippen LogP) is 10.6. The van der Waals surface area contributed by atoms with Gasteiger partial charge >= 0.3 is 23.7 Å². The third-order valence-corrected chi connectivity index (χ3v) is 23.9. The molecule has 5 N–H and O–H groups in total. The Balaban J connectivity index is 0.722. The van der Waals surface area contributed by atoms with Gasteiger partial charge in [-0.25, -0.2) is 28.3 Å². The number of likely N-dealkylation sites (tertiary alicyclic amines) is 2. The molecule has 4 aromatic carbocycles. The number of imidazole rings is 2. The highest BCUT2D eigenvalue weighted by Crippen LogP contribution is 2.52. The Labute approximate surface area is 626 Å². The fraction of sp³-hybridized carbons (Fsp3) is 0.436. The number of alkyl halides is 8. The van der Waals surface area contributed by atoms with Gasteiger partial charge in [0.05, 0.1) is 63.8 Å². The second kappa shape index (κ2) is 28.8. The summed E-state index contributed by atoms with van der Waals surface area (Å²) in [6.07, 6.45) is -2.59.